The third-order valence-electron chi connectivity index (χ3n) is 9.44. The number of carbonyl (C=O) groups is 2. The zero-order valence-electron chi connectivity index (χ0n) is 29.1. The van der Waals surface area contributed by atoms with Crippen LogP contribution in [0.4, 0.5) is 0 Å². The molecule has 0 aliphatic heterocycles. The quantitative estimate of drug-likeness (QED) is 0.0830. The number of esters is 2. The molecule has 0 amide bonds. The highest BCUT2D eigenvalue weighted by molar-refractivity contribution is 7.85. The molecule has 0 fully saturated rings. The molecule has 7 nitrogen and oxygen atoms in total. The summed E-state index contributed by atoms with van der Waals surface area (Å²) in [6.45, 7) is 9.42. The molecule has 9 heteroatoms. The Bertz CT molecular complexity index is 1300. The lowest BCUT2D eigenvalue weighted by atomic mass is 9.71. The van der Waals surface area contributed by atoms with E-state index < -0.39 is 22.8 Å². The number of benzene rings is 2. The average Bonchev–Trinajstić information content (AvgIpc) is 3.34. The molecule has 0 N–H and O–H groups in total. The summed E-state index contributed by atoms with van der Waals surface area (Å²) in [5, 5.41) is 0. The predicted molar refractivity (Wildman–Crippen MR) is 189 cm³/mol. The first kappa shape index (κ1) is 39.9. The Morgan fingerprint density at radius 3 is 1.54 bits per heavy atom. The fraction of sp³-hybridized carbons (Fsp3) is 0.622. The van der Waals surface area contributed by atoms with E-state index in [0.29, 0.717) is 18.4 Å². The molecule has 0 spiro atoms. The van der Waals surface area contributed by atoms with Gasteiger partial charge in [0.15, 0.2) is 0 Å². The monoisotopic (exact) mass is 676 g/mol. The minimum atomic E-state index is -4.62. The SMILES string of the molecule is CCCC[P+](CCCC)(CCCC)CCCC.COC(=O)CCC1(CCC(=O)OC)c2ccccc2-c2cc(S(=O)(=O)[O-])ccc21. The van der Waals surface area contributed by atoms with Crippen LogP contribution in [0.15, 0.2) is 47.4 Å². The number of methoxy groups -OCH3 is 2. The lowest BCUT2D eigenvalue weighted by Crippen LogP contribution is -2.28. The van der Waals surface area contributed by atoms with Gasteiger partial charge < -0.3 is 14.0 Å². The first-order chi connectivity index (χ1) is 22.0. The van der Waals surface area contributed by atoms with Crippen molar-refractivity contribution in [2.24, 2.45) is 0 Å². The predicted octanol–water partition coefficient (Wildman–Crippen LogP) is 8.97. The average molecular weight is 677 g/mol. The standard InChI is InChI=1S/C21H22O7S.C16H36P/c1-27-19(22)9-11-21(12-10-20(23)28-2)17-6-4-3-5-15(17)16-13-14(29(24,25)26)7-8-18(16)21;1-5-9-13-17(14-10-6-2,15-11-7-3)16-12-8-4/h3-8,13H,9-12H2,1-2H3,(H,24,25,26);5-16H2,1-4H3/q;+1/p-1. The summed E-state index contributed by atoms with van der Waals surface area (Å²) >= 11 is 0. The number of hydrogen-bond acceptors (Lipinski definition) is 7. The third kappa shape index (κ3) is 10.9. The minimum absolute atomic E-state index is 0.118. The molecular formula is C37H57O7PS. The molecule has 2 aromatic rings. The first-order valence-corrected chi connectivity index (χ1v) is 21.1. The van der Waals surface area contributed by atoms with Gasteiger partial charge in [0.1, 0.15) is 10.1 Å². The van der Waals surface area contributed by atoms with E-state index in [2.05, 4.69) is 27.7 Å². The van der Waals surface area contributed by atoms with Crippen molar-refractivity contribution in [3.63, 3.8) is 0 Å². The van der Waals surface area contributed by atoms with E-state index >= 15 is 0 Å². The molecule has 0 bridgehead atoms. The maximum Gasteiger partial charge on any atom is 0.305 e. The van der Waals surface area contributed by atoms with Gasteiger partial charge in [-0.3, -0.25) is 9.59 Å². The number of unbranched alkanes of at least 4 members (excludes halogenated alkanes) is 4. The van der Waals surface area contributed by atoms with Crippen molar-refractivity contribution in [1.29, 1.82) is 0 Å². The van der Waals surface area contributed by atoms with Crippen LogP contribution in [-0.4, -0.2) is 63.8 Å². The zero-order chi connectivity index (χ0) is 34.2. The molecule has 0 heterocycles. The summed E-state index contributed by atoms with van der Waals surface area (Å²) in [4.78, 5) is 23.4. The minimum Gasteiger partial charge on any atom is -0.744 e. The highest BCUT2D eigenvalue weighted by Gasteiger charge is 2.43. The fourth-order valence-electron chi connectivity index (χ4n) is 6.74. The molecule has 0 aromatic heterocycles. The van der Waals surface area contributed by atoms with Crippen LogP contribution >= 0.6 is 7.26 Å². The fourth-order valence-corrected chi connectivity index (χ4v) is 12.5. The van der Waals surface area contributed by atoms with Gasteiger partial charge >= 0.3 is 11.9 Å². The Kier molecular flexibility index (Phi) is 16.9. The van der Waals surface area contributed by atoms with Crippen LogP contribution < -0.4 is 0 Å². The summed E-state index contributed by atoms with van der Waals surface area (Å²) in [5.74, 6) is -0.765. The third-order valence-corrected chi connectivity index (χ3v) is 15.3. The second-order valence-corrected chi connectivity index (χ2v) is 18.4. The summed E-state index contributed by atoms with van der Waals surface area (Å²) in [5.41, 5.74) is 2.34. The first-order valence-electron chi connectivity index (χ1n) is 17.2. The van der Waals surface area contributed by atoms with Crippen LogP contribution in [0.1, 0.15) is 116 Å². The van der Waals surface area contributed by atoms with Gasteiger partial charge in [-0.2, -0.15) is 0 Å². The van der Waals surface area contributed by atoms with E-state index in [1.807, 2.05) is 24.3 Å². The van der Waals surface area contributed by atoms with Crippen LogP contribution in [0.3, 0.4) is 0 Å². The van der Waals surface area contributed by atoms with Crippen LogP contribution in [0.2, 0.25) is 0 Å². The van der Waals surface area contributed by atoms with Crippen LogP contribution in [-0.2, 0) is 34.6 Å². The van der Waals surface area contributed by atoms with Crippen molar-refractivity contribution in [3.05, 3.63) is 53.6 Å². The number of hydrogen-bond donors (Lipinski definition) is 0. The van der Waals surface area contributed by atoms with Gasteiger partial charge in [-0.05, 0) is 72.9 Å². The van der Waals surface area contributed by atoms with E-state index in [0.717, 1.165) is 16.7 Å². The second-order valence-electron chi connectivity index (χ2n) is 12.6. The maximum atomic E-state index is 11.9. The van der Waals surface area contributed by atoms with Gasteiger partial charge in [-0.1, -0.05) is 83.7 Å². The molecule has 0 saturated heterocycles. The van der Waals surface area contributed by atoms with Crippen molar-refractivity contribution < 1.29 is 32.0 Å². The summed E-state index contributed by atoms with van der Waals surface area (Å²) in [6, 6.07) is 11.7. The van der Waals surface area contributed by atoms with E-state index in [-0.39, 0.29) is 29.7 Å². The van der Waals surface area contributed by atoms with Crippen molar-refractivity contribution in [2.45, 2.75) is 115 Å². The van der Waals surface area contributed by atoms with Gasteiger partial charge in [0, 0.05) is 25.5 Å². The number of fused-ring (bicyclic) bond motifs is 3. The molecule has 0 atom stereocenters. The van der Waals surface area contributed by atoms with Crippen LogP contribution in [0.25, 0.3) is 11.1 Å². The number of rotatable bonds is 19. The van der Waals surface area contributed by atoms with E-state index in [1.165, 1.54) is 77.7 Å². The van der Waals surface area contributed by atoms with E-state index in [9.17, 15) is 22.6 Å². The molecule has 1 aliphatic rings. The zero-order valence-corrected chi connectivity index (χ0v) is 30.8. The highest BCUT2D eigenvalue weighted by atomic mass is 32.2. The Labute approximate surface area is 279 Å². The van der Waals surface area contributed by atoms with Crippen LogP contribution in [0.5, 0.6) is 0 Å². The van der Waals surface area contributed by atoms with Crippen molar-refractivity contribution in [3.8, 4) is 11.1 Å². The molecule has 258 valence electrons. The summed E-state index contributed by atoms with van der Waals surface area (Å²) < 4.78 is 44.2. The molecule has 1 aliphatic carbocycles. The molecule has 0 unspecified atom stereocenters. The molecule has 0 saturated carbocycles. The summed E-state index contributed by atoms with van der Waals surface area (Å²) in [7, 11) is -2.56. The van der Waals surface area contributed by atoms with Gasteiger partial charge in [0.05, 0.1) is 43.8 Å². The molecular weight excluding hydrogens is 619 g/mol. The normalized spacial score (nSPS) is 13.3. The lowest BCUT2D eigenvalue weighted by Gasteiger charge is -2.32. The van der Waals surface area contributed by atoms with Gasteiger partial charge in [-0.15, -0.1) is 0 Å². The van der Waals surface area contributed by atoms with Gasteiger partial charge in [0.2, 0.25) is 0 Å². The molecule has 3 rings (SSSR count). The summed E-state index contributed by atoms with van der Waals surface area (Å²) in [6.07, 6.45) is 18.9. The van der Waals surface area contributed by atoms with Crippen molar-refractivity contribution >= 4 is 29.3 Å². The Morgan fingerprint density at radius 2 is 1.13 bits per heavy atom. The van der Waals surface area contributed by atoms with Crippen LogP contribution in [0, 0.1) is 0 Å². The largest absolute Gasteiger partial charge is 0.744 e. The molecule has 2 aromatic carbocycles. The lowest BCUT2D eigenvalue weighted by molar-refractivity contribution is -0.141. The topological polar surface area (TPSA) is 110 Å². The maximum absolute atomic E-state index is 11.9. The van der Waals surface area contributed by atoms with Crippen molar-refractivity contribution in [1.82, 2.24) is 0 Å². The smallest absolute Gasteiger partial charge is 0.305 e. The Hall–Kier alpha value is -2.28. The molecule has 0 radical (unpaired) electrons. The number of carbonyl (C=O) groups excluding carboxylic acids is 2. The Balaban J connectivity index is 0.000000372. The van der Waals surface area contributed by atoms with Crippen molar-refractivity contribution in [2.75, 3.05) is 38.9 Å². The van der Waals surface area contributed by atoms with Gasteiger partial charge in [-0.25, -0.2) is 8.42 Å². The highest BCUT2D eigenvalue weighted by Crippen LogP contribution is 2.61. The second kappa shape index (κ2) is 19.5. The Morgan fingerprint density at radius 1 is 0.696 bits per heavy atom. The van der Waals surface area contributed by atoms with E-state index in [1.54, 1.807) is 30.7 Å². The number of ether oxygens (including phenoxy) is 2. The van der Waals surface area contributed by atoms with E-state index in [4.69, 9.17) is 9.47 Å². The van der Waals surface area contributed by atoms with Gasteiger partial charge in [0.25, 0.3) is 0 Å². The molecule has 46 heavy (non-hydrogen) atoms.